The molecule has 0 aliphatic rings. The summed E-state index contributed by atoms with van der Waals surface area (Å²) in [6, 6.07) is 5.58. The highest BCUT2D eigenvalue weighted by Gasteiger charge is 2.14. The monoisotopic (exact) mass is 291 g/mol. The van der Waals surface area contributed by atoms with Crippen LogP contribution in [0.5, 0.6) is 0 Å². The van der Waals surface area contributed by atoms with Crippen LogP contribution in [-0.2, 0) is 10.0 Å². The van der Waals surface area contributed by atoms with E-state index in [9.17, 15) is 13.2 Å². The number of amides is 2. The van der Waals surface area contributed by atoms with Gasteiger partial charge in [-0.25, -0.2) is 17.9 Å². The van der Waals surface area contributed by atoms with E-state index in [1.807, 2.05) is 0 Å². The van der Waals surface area contributed by atoms with Gasteiger partial charge in [0.25, 0.3) is 0 Å². The average Bonchev–Trinajstić information content (AvgIpc) is 2.28. The SMILES string of the molecule is CC(NS(=O)(=O)CCl)c1ccc(NC(N)=O)cc1. The molecule has 0 bridgehead atoms. The molecule has 2 amide bonds. The quantitative estimate of drug-likeness (QED) is 0.714. The van der Waals surface area contributed by atoms with Crippen molar-refractivity contribution in [2.24, 2.45) is 5.73 Å². The summed E-state index contributed by atoms with van der Waals surface area (Å²) >= 11 is 5.30. The number of hydrogen-bond acceptors (Lipinski definition) is 3. The van der Waals surface area contributed by atoms with Crippen molar-refractivity contribution in [3.8, 4) is 0 Å². The number of halogens is 1. The zero-order chi connectivity index (χ0) is 13.8. The molecule has 0 spiro atoms. The first-order valence-corrected chi connectivity index (χ1v) is 7.25. The predicted molar refractivity (Wildman–Crippen MR) is 70.8 cm³/mol. The summed E-state index contributed by atoms with van der Waals surface area (Å²) < 4.78 is 25.0. The number of carbonyl (C=O) groups is 1. The normalized spacial score (nSPS) is 13.0. The van der Waals surface area contributed by atoms with Gasteiger partial charge in [-0.1, -0.05) is 12.1 Å². The number of nitrogens with two attached hydrogens (primary N) is 1. The van der Waals surface area contributed by atoms with E-state index in [-0.39, 0.29) is 0 Å². The van der Waals surface area contributed by atoms with Crippen LogP contribution in [0.3, 0.4) is 0 Å². The second kappa shape index (κ2) is 6.03. The van der Waals surface area contributed by atoms with E-state index < -0.39 is 27.3 Å². The summed E-state index contributed by atoms with van der Waals surface area (Å²) in [6.45, 7) is 1.70. The van der Waals surface area contributed by atoms with Crippen LogP contribution in [0.25, 0.3) is 0 Å². The fourth-order valence-electron chi connectivity index (χ4n) is 1.37. The fraction of sp³-hybridized carbons (Fsp3) is 0.300. The van der Waals surface area contributed by atoms with E-state index in [2.05, 4.69) is 10.0 Å². The molecule has 1 rings (SSSR count). The number of primary amides is 1. The molecule has 0 aliphatic heterocycles. The van der Waals surface area contributed by atoms with E-state index in [4.69, 9.17) is 17.3 Å². The van der Waals surface area contributed by atoms with Crippen LogP contribution >= 0.6 is 11.6 Å². The minimum atomic E-state index is -3.47. The lowest BCUT2D eigenvalue weighted by molar-refractivity contribution is 0.259. The number of alkyl halides is 1. The molecule has 1 aromatic carbocycles. The summed E-state index contributed by atoms with van der Waals surface area (Å²) in [5.41, 5.74) is 6.26. The Bertz CT molecular complexity index is 516. The molecule has 0 radical (unpaired) electrons. The third kappa shape index (κ3) is 4.52. The molecular formula is C10H14ClN3O3S. The number of anilines is 1. The van der Waals surface area contributed by atoms with E-state index in [0.29, 0.717) is 5.69 Å². The third-order valence-corrected chi connectivity index (χ3v) is 4.04. The first kappa shape index (κ1) is 14.7. The third-order valence-electron chi connectivity index (χ3n) is 2.18. The van der Waals surface area contributed by atoms with Gasteiger partial charge >= 0.3 is 6.03 Å². The molecule has 0 heterocycles. The fourth-order valence-corrected chi connectivity index (χ4v) is 2.29. The molecule has 1 unspecified atom stereocenters. The zero-order valence-electron chi connectivity index (χ0n) is 9.68. The maximum atomic E-state index is 11.3. The molecule has 0 aromatic heterocycles. The Labute approximate surface area is 111 Å². The molecule has 1 atom stereocenters. The largest absolute Gasteiger partial charge is 0.351 e. The number of benzene rings is 1. The lowest BCUT2D eigenvalue weighted by Crippen LogP contribution is -2.27. The molecule has 0 aliphatic carbocycles. The van der Waals surface area contributed by atoms with E-state index in [1.165, 1.54) is 0 Å². The predicted octanol–water partition coefficient (Wildman–Crippen LogP) is 1.35. The first-order valence-electron chi connectivity index (χ1n) is 5.06. The van der Waals surface area contributed by atoms with Crippen LogP contribution in [0.15, 0.2) is 24.3 Å². The molecule has 0 saturated heterocycles. The Kier molecular flexibility index (Phi) is 4.94. The molecule has 6 nitrogen and oxygen atoms in total. The molecule has 0 fully saturated rings. The van der Waals surface area contributed by atoms with Crippen molar-refractivity contribution in [2.75, 3.05) is 10.5 Å². The van der Waals surface area contributed by atoms with Crippen LogP contribution < -0.4 is 15.8 Å². The topological polar surface area (TPSA) is 101 Å². The number of nitrogens with one attached hydrogen (secondary N) is 2. The smallest absolute Gasteiger partial charge is 0.316 e. The average molecular weight is 292 g/mol. The number of rotatable bonds is 5. The van der Waals surface area contributed by atoms with Gasteiger partial charge in [0.15, 0.2) is 0 Å². The van der Waals surface area contributed by atoms with Gasteiger partial charge in [-0.2, -0.15) is 0 Å². The van der Waals surface area contributed by atoms with Crippen molar-refractivity contribution in [3.05, 3.63) is 29.8 Å². The number of hydrogen-bond donors (Lipinski definition) is 3. The van der Waals surface area contributed by atoms with Gasteiger partial charge in [-0.15, -0.1) is 11.6 Å². The van der Waals surface area contributed by atoms with E-state index in [1.54, 1.807) is 31.2 Å². The molecule has 18 heavy (non-hydrogen) atoms. The van der Waals surface area contributed by atoms with Crippen LogP contribution in [0, 0.1) is 0 Å². The number of carbonyl (C=O) groups excluding carboxylic acids is 1. The van der Waals surface area contributed by atoms with E-state index >= 15 is 0 Å². The van der Waals surface area contributed by atoms with Crippen LogP contribution in [-0.4, -0.2) is 19.7 Å². The summed E-state index contributed by atoms with van der Waals surface area (Å²) in [7, 11) is -3.47. The van der Waals surface area contributed by atoms with Crippen molar-refractivity contribution in [1.29, 1.82) is 0 Å². The second-order valence-corrected chi connectivity index (χ2v) is 6.01. The van der Waals surface area contributed by atoms with E-state index in [0.717, 1.165) is 5.56 Å². The van der Waals surface area contributed by atoms with Crippen LogP contribution in [0.2, 0.25) is 0 Å². The summed E-state index contributed by atoms with van der Waals surface area (Å²) in [5, 5.41) is 1.92. The zero-order valence-corrected chi connectivity index (χ0v) is 11.3. The standard InChI is InChI=1S/C10H14ClN3O3S/c1-7(14-18(16,17)6-11)8-2-4-9(5-3-8)13-10(12)15/h2-5,7,14H,6H2,1H3,(H3,12,13,15). The summed E-state index contributed by atoms with van der Waals surface area (Å²) in [6.07, 6.45) is 0. The highest BCUT2D eigenvalue weighted by atomic mass is 35.5. The van der Waals surface area contributed by atoms with Crippen molar-refractivity contribution in [3.63, 3.8) is 0 Å². The second-order valence-electron chi connectivity index (χ2n) is 3.67. The summed E-state index contributed by atoms with van der Waals surface area (Å²) in [5.74, 6) is 0. The Morgan fingerprint density at radius 3 is 2.39 bits per heavy atom. The first-order chi connectivity index (χ1) is 8.34. The maximum Gasteiger partial charge on any atom is 0.316 e. The van der Waals surface area contributed by atoms with Crippen molar-refractivity contribution < 1.29 is 13.2 Å². The summed E-state index contributed by atoms with van der Waals surface area (Å²) in [4.78, 5) is 10.6. The lowest BCUT2D eigenvalue weighted by Gasteiger charge is -2.13. The van der Waals surface area contributed by atoms with Gasteiger partial charge in [0.1, 0.15) is 5.21 Å². The number of sulfonamides is 1. The van der Waals surface area contributed by atoms with Crippen LogP contribution in [0.1, 0.15) is 18.5 Å². The van der Waals surface area contributed by atoms with Gasteiger partial charge in [0, 0.05) is 11.7 Å². The highest BCUT2D eigenvalue weighted by Crippen LogP contribution is 2.16. The Hall–Kier alpha value is -1.31. The van der Waals surface area contributed by atoms with Crippen molar-refractivity contribution >= 4 is 33.3 Å². The maximum absolute atomic E-state index is 11.3. The molecule has 1 aromatic rings. The Balaban J connectivity index is 2.76. The highest BCUT2D eigenvalue weighted by molar-refractivity contribution is 7.90. The number of urea groups is 1. The van der Waals surface area contributed by atoms with Crippen LogP contribution in [0.4, 0.5) is 10.5 Å². The van der Waals surface area contributed by atoms with Crippen molar-refractivity contribution in [2.45, 2.75) is 13.0 Å². The molecule has 100 valence electrons. The Morgan fingerprint density at radius 1 is 1.39 bits per heavy atom. The van der Waals surface area contributed by atoms with Crippen molar-refractivity contribution in [1.82, 2.24) is 4.72 Å². The molecule has 8 heteroatoms. The molecular weight excluding hydrogens is 278 g/mol. The van der Waals surface area contributed by atoms with Gasteiger partial charge < -0.3 is 11.1 Å². The van der Waals surface area contributed by atoms with Gasteiger partial charge in [0.05, 0.1) is 0 Å². The minimum Gasteiger partial charge on any atom is -0.351 e. The Morgan fingerprint density at radius 2 is 1.94 bits per heavy atom. The van der Waals surface area contributed by atoms with Gasteiger partial charge in [0.2, 0.25) is 10.0 Å². The van der Waals surface area contributed by atoms with Gasteiger partial charge in [-0.3, -0.25) is 0 Å². The molecule has 0 saturated carbocycles. The lowest BCUT2D eigenvalue weighted by atomic mass is 10.1. The molecule has 4 N–H and O–H groups in total. The minimum absolute atomic E-state index is 0.406. The van der Waals surface area contributed by atoms with Gasteiger partial charge in [-0.05, 0) is 24.6 Å².